The van der Waals surface area contributed by atoms with E-state index in [0.717, 1.165) is 72.3 Å². The summed E-state index contributed by atoms with van der Waals surface area (Å²) in [5.41, 5.74) is 12.7. The largest absolute Gasteiger partial charge is 0.454 e. The Morgan fingerprint density at radius 1 is 0.482 bits per heavy atom. The Hall–Kier alpha value is -7.50. The van der Waals surface area contributed by atoms with Gasteiger partial charge in [-0.05, 0) is 58.1 Å². The van der Waals surface area contributed by atoms with Gasteiger partial charge >= 0.3 is 0 Å². The fraction of sp³-hybridized carbons (Fsp3) is 0.0196. The number of rotatable bonds is 6. The number of hydrogen-bond donors (Lipinski definition) is 1. The van der Waals surface area contributed by atoms with Crippen LogP contribution in [0.3, 0.4) is 0 Å². The molecule has 10 aromatic rings. The first-order chi connectivity index (χ1) is 27.8. The molecule has 0 bridgehead atoms. The van der Waals surface area contributed by atoms with Gasteiger partial charge in [-0.2, -0.15) is 0 Å². The van der Waals surface area contributed by atoms with Gasteiger partial charge in [0, 0.05) is 32.7 Å². The smallest absolute Gasteiger partial charge is 0.159 e. The van der Waals surface area contributed by atoms with E-state index in [-0.39, 0.29) is 6.17 Å². The first-order valence-corrected chi connectivity index (χ1v) is 18.9. The number of aliphatic imine (C=N–C) groups is 2. The van der Waals surface area contributed by atoms with Gasteiger partial charge in [0.2, 0.25) is 0 Å². The maximum Gasteiger partial charge on any atom is 0.159 e. The number of hydrogen-bond acceptors (Lipinski definition) is 4. The molecule has 1 N–H and O–H groups in total. The molecule has 0 fully saturated rings. The van der Waals surface area contributed by atoms with E-state index in [2.05, 4.69) is 168 Å². The van der Waals surface area contributed by atoms with Crippen molar-refractivity contribution in [3.05, 3.63) is 211 Å². The van der Waals surface area contributed by atoms with Crippen molar-refractivity contribution in [2.45, 2.75) is 6.17 Å². The molecule has 3 heterocycles. The molecule has 0 spiro atoms. The van der Waals surface area contributed by atoms with Gasteiger partial charge < -0.3 is 14.3 Å². The molecule has 5 heteroatoms. The molecule has 1 unspecified atom stereocenters. The fourth-order valence-corrected chi connectivity index (χ4v) is 8.22. The van der Waals surface area contributed by atoms with E-state index >= 15 is 0 Å². The molecule has 0 radical (unpaired) electrons. The van der Waals surface area contributed by atoms with E-state index in [1.807, 2.05) is 36.4 Å². The van der Waals surface area contributed by atoms with Crippen LogP contribution in [0, 0.1) is 0 Å². The lowest BCUT2D eigenvalue weighted by atomic mass is 9.98. The van der Waals surface area contributed by atoms with Crippen LogP contribution in [0.2, 0.25) is 0 Å². The maximum atomic E-state index is 6.82. The van der Waals surface area contributed by atoms with Gasteiger partial charge in [-0.1, -0.05) is 164 Å². The van der Waals surface area contributed by atoms with E-state index < -0.39 is 0 Å². The molecular formula is C51H34N4O. The van der Waals surface area contributed by atoms with Crippen LogP contribution in [-0.2, 0) is 0 Å². The molecule has 1 atom stereocenters. The Bertz CT molecular complexity index is 3140. The third-order valence-corrected chi connectivity index (χ3v) is 10.9. The molecule has 1 aliphatic rings. The second kappa shape index (κ2) is 13.1. The lowest BCUT2D eigenvalue weighted by molar-refractivity contribution is 0.666. The number of furan rings is 1. The summed E-state index contributed by atoms with van der Waals surface area (Å²) in [7, 11) is 0. The number of fused-ring (bicyclic) bond motifs is 6. The molecule has 264 valence electrons. The van der Waals surface area contributed by atoms with Crippen molar-refractivity contribution in [1.29, 1.82) is 0 Å². The Kier molecular flexibility index (Phi) is 7.49. The Morgan fingerprint density at radius 2 is 1.12 bits per heavy atom. The van der Waals surface area contributed by atoms with E-state index in [0.29, 0.717) is 5.84 Å². The van der Waals surface area contributed by atoms with Gasteiger partial charge in [-0.15, -0.1) is 0 Å². The third kappa shape index (κ3) is 5.32. The van der Waals surface area contributed by atoms with E-state index in [1.165, 1.54) is 21.9 Å². The molecule has 5 nitrogen and oxygen atoms in total. The topological polar surface area (TPSA) is 54.8 Å². The standard InChI is InChI=1S/C51H34N4O/c1-4-14-33(15-5-1)38-30-31-44-42(32-38)40-20-10-11-23-43(40)55(44)45-24-12-22-41-47-39(21-13-25-46(47)56-48(41)45)34-26-28-37(29-27-34)51-53-49(35-16-6-2-7-17-35)52-50(54-51)36-18-8-3-9-19-36/h1-32,49H,(H,52,53,54). The van der Waals surface area contributed by atoms with Crippen molar-refractivity contribution < 1.29 is 4.42 Å². The summed E-state index contributed by atoms with van der Waals surface area (Å²) in [6.07, 6.45) is -0.251. The fourth-order valence-electron chi connectivity index (χ4n) is 8.22. The minimum atomic E-state index is -0.251. The van der Waals surface area contributed by atoms with Crippen LogP contribution in [-0.4, -0.2) is 16.2 Å². The lowest BCUT2D eigenvalue weighted by Gasteiger charge is -2.23. The zero-order valence-corrected chi connectivity index (χ0v) is 30.3. The van der Waals surface area contributed by atoms with Gasteiger partial charge in [0.25, 0.3) is 0 Å². The van der Waals surface area contributed by atoms with Gasteiger partial charge in [-0.25, -0.2) is 9.98 Å². The van der Waals surface area contributed by atoms with Crippen LogP contribution in [0.5, 0.6) is 0 Å². The number of amidine groups is 2. The van der Waals surface area contributed by atoms with Gasteiger partial charge in [-0.3, -0.25) is 0 Å². The summed E-state index contributed by atoms with van der Waals surface area (Å²) in [6, 6.07) is 68.0. The molecule has 0 aliphatic carbocycles. The van der Waals surface area contributed by atoms with Crippen molar-refractivity contribution in [2.24, 2.45) is 9.98 Å². The first-order valence-electron chi connectivity index (χ1n) is 18.9. The van der Waals surface area contributed by atoms with E-state index in [4.69, 9.17) is 14.4 Å². The highest BCUT2D eigenvalue weighted by molar-refractivity contribution is 6.17. The number of aromatic nitrogens is 1. The maximum absolute atomic E-state index is 6.82. The SMILES string of the molecule is c1ccc(C2=NC(c3ccccc3)NC(c3ccc(-c4cccc5oc6c(-n7c8ccccc8c8cc(-c9ccccc9)ccc87)cccc6c45)cc3)=N2)cc1. The van der Waals surface area contributed by atoms with Gasteiger partial charge in [0.1, 0.15) is 17.6 Å². The molecule has 2 aromatic heterocycles. The molecule has 1 aliphatic heterocycles. The van der Waals surface area contributed by atoms with Crippen LogP contribution in [0.4, 0.5) is 0 Å². The zero-order valence-electron chi connectivity index (χ0n) is 30.3. The summed E-state index contributed by atoms with van der Waals surface area (Å²) in [5.74, 6) is 1.50. The highest BCUT2D eigenvalue weighted by Crippen LogP contribution is 2.42. The normalized spacial score (nSPS) is 14.2. The molecule has 0 saturated heterocycles. The second-order valence-electron chi connectivity index (χ2n) is 14.2. The summed E-state index contributed by atoms with van der Waals surface area (Å²) >= 11 is 0. The predicted octanol–water partition coefficient (Wildman–Crippen LogP) is 12.5. The first kappa shape index (κ1) is 32.0. The summed E-state index contributed by atoms with van der Waals surface area (Å²) < 4.78 is 9.18. The Labute approximate surface area is 323 Å². The monoisotopic (exact) mass is 718 g/mol. The van der Waals surface area contributed by atoms with Crippen molar-refractivity contribution in [1.82, 2.24) is 9.88 Å². The zero-order chi connectivity index (χ0) is 37.0. The van der Waals surface area contributed by atoms with Crippen molar-refractivity contribution in [2.75, 3.05) is 0 Å². The molecule has 0 amide bonds. The highest BCUT2D eigenvalue weighted by atomic mass is 16.3. The summed E-state index contributed by atoms with van der Waals surface area (Å²) in [4.78, 5) is 10.0. The quantitative estimate of drug-likeness (QED) is 0.186. The molecule has 8 aromatic carbocycles. The Morgan fingerprint density at radius 3 is 1.93 bits per heavy atom. The predicted molar refractivity (Wildman–Crippen MR) is 231 cm³/mol. The average molecular weight is 719 g/mol. The van der Waals surface area contributed by atoms with E-state index in [9.17, 15) is 0 Å². The van der Waals surface area contributed by atoms with Crippen LogP contribution in [0.15, 0.2) is 209 Å². The van der Waals surface area contributed by atoms with Gasteiger partial charge in [0.15, 0.2) is 11.4 Å². The second-order valence-corrected chi connectivity index (χ2v) is 14.2. The van der Waals surface area contributed by atoms with Crippen LogP contribution >= 0.6 is 0 Å². The number of para-hydroxylation sites is 2. The number of nitrogens with one attached hydrogen (secondary N) is 1. The summed E-state index contributed by atoms with van der Waals surface area (Å²) in [5, 5.41) is 8.20. The molecule has 0 saturated carbocycles. The van der Waals surface area contributed by atoms with Crippen molar-refractivity contribution in [3.8, 4) is 27.9 Å². The molecule has 11 rings (SSSR count). The highest BCUT2D eigenvalue weighted by Gasteiger charge is 2.22. The third-order valence-electron chi connectivity index (χ3n) is 10.9. The lowest BCUT2D eigenvalue weighted by Crippen LogP contribution is -2.33. The summed E-state index contributed by atoms with van der Waals surface area (Å²) in [6.45, 7) is 0. The molecular weight excluding hydrogens is 685 g/mol. The van der Waals surface area contributed by atoms with Crippen LogP contribution in [0.25, 0.3) is 71.7 Å². The van der Waals surface area contributed by atoms with Gasteiger partial charge in [0.05, 0.1) is 16.7 Å². The van der Waals surface area contributed by atoms with Crippen LogP contribution in [0.1, 0.15) is 22.9 Å². The minimum absolute atomic E-state index is 0.251. The molecule has 56 heavy (non-hydrogen) atoms. The number of nitrogens with zero attached hydrogens (tertiary/aromatic N) is 3. The minimum Gasteiger partial charge on any atom is -0.454 e. The average Bonchev–Trinajstić information content (AvgIpc) is 3.83. The van der Waals surface area contributed by atoms with Crippen molar-refractivity contribution in [3.63, 3.8) is 0 Å². The number of benzene rings is 8. The van der Waals surface area contributed by atoms with Crippen molar-refractivity contribution >= 4 is 55.4 Å². The van der Waals surface area contributed by atoms with Crippen LogP contribution < -0.4 is 5.32 Å². The van der Waals surface area contributed by atoms with E-state index in [1.54, 1.807) is 0 Å². The Balaban J connectivity index is 1.01.